The molecule has 0 aromatic heterocycles. The van der Waals surface area contributed by atoms with Gasteiger partial charge < -0.3 is 15.2 Å². The molecular weight excluding hydrogens is 198 g/mol. The molecule has 0 heterocycles. The van der Waals surface area contributed by atoms with E-state index >= 15 is 0 Å². The van der Waals surface area contributed by atoms with E-state index in [2.05, 4.69) is 0 Å². The number of rotatable bonds is 2. The second-order valence-corrected chi connectivity index (χ2v) is 2.89. The Balaban J connectivity index is 3.02. The van der Waals surface area contributed by atoms with Crippen molar-refractivity contribution >= 4 is 17.6 Å². The van der Waals surface area contributed by atoms with Crippen molar-refractivity contribution in [2.75, 3.05) is 5.73 Å². The van der Waals surface area contributed by atoms with Gasteiger partial charge in [0.05, 0.1) is 0 Å². The Labute approximate surface area is 86.8 Å². The normalized spacial score (nSPS) is 9.47. The fraction of sp³-hybridized carbons (Fsp3) is 0.200. The largest absolute Gasteiger partial charge is 0.423 e. The van der Waals surface area contributed by atoms with Crippen LogP contribution in [0.2, 0.25) is 0 Å². The molecule has 2 N–H and O–H groups in total. The molecule has 15 heavy (non-hydrogen) atoms. The zero-order chi connectivity index (χ0) is 11.4. The first kappa shape index (κ1) is 11.0. The minimum atomic E-state index is -0.506. The fourth-order valence-corrected chi connectivity index (χ4v) is 0.998. The molecule has 1 aromatic carbocycles. The Kier molecular flexibility index (Phi) is 3.28. The quantitative estimate of drug-likeness (QED) is 0.448. The zero-order valence-electron chi connectivity index (χ0n) is 8.44. The molecule has 5 heteroatoms. The van der Waals surface area contributed by atoms with Crippen LogP contribution in [-0.2, 0) is 9.59 Å². The average Bonchev–Trinajstić information content (AvgIpc) is 2.08. The summed E-state index contributed by atoms with van der Waals surface area (Å²) in [4.78, 5) is 21.5. The summed E-state index contributed by atoms with van der Waals surface area (Å²) >= 11 is 0. The number of hydrogen-bond acceptors (Lipinski definition) is 5. The maximum absolute atomic E-state index is 10.8. The van der Waals surface area contributed by atoms with Gasteiger partial charge in [-0.3, -0.25) is 9.59 Å². The van der Waals surface area contributed by atoms with Gasteiger partial charge in [0.2, 0.25) is 0 Å². The number of hydrogen-bond donors (Lipinski definition) is 1. The molecule has 0 fully saturated rings. The highest BCUT2D eigenvalue weighted by Crippen LogP contribution is 2.29. The number of anilines is 1. The number of ether oxygens (including phenoxy) is 2. The van der Waals surface area contributed by atoms with Crippen LogP contribution in [0, 0.1) is 0 Å². The van der Waals surface area contributed by atoms with Crippen molar-refractivity contribution in [3.63, 3.8) is 0 Å². The van der Waals surface area contributed by atoms with Gasteiger partial charge in [0.25, 0.3) is 0 Å². The maximum Gasteiger partial charge on any atom is 0.308 e. The highest BCUT2D eigenvalue weighted by atomic mass is 16.6. The van der Waals surface area contributed by atoms with Crippen LogP contribution in [0.25, 0.3) is 0 Å². The Bertz CT molecular complexity index is 400. The lowest BCUT2D eigenvalue weighted by atomic mass is 10.3. The second kappa shape index (κ2) is 4.45. The number of carbonyl (C=O) groups is 2. The molecule has 0 bridgehead atoms. The van der Waals surface area contributed by atoms with Crippen molar-refractivity contribution in [1.82, 2.24) is 0 Å². The fourth-order valence-electron chi connectivity index (χ4n) is 0.998. The van der Waals surface area contributed by atoms with E-state index in [0.717, 1.165) is 0 Å². The van der Waals surface area contributed by atoms with Crippen molar-refractivity contribution in [1.29, 1.82) is 0 Å². The van der Waals surface area contributed by atoms with Gasteiger partial charge in [-0.2, -0.15) is 0 Å². The van der Waals surface area contributed by atoms with Crippen LogP contribution in [0.3, 0.4) is 0 Å². The Morgan fingerprint density at radius 2 is 1.60 bits per heavy atom. The first-order chi connectivity index (χ1) is 6.99. The lowest BCUT2D eigenvalue weighted by Crippen LogP contribution is -2.07. The molecule has 0 unspecified atom stereocenters. The van der Waals surface area contributed by atoms with Gasteiger partial charge in [0.15, 0.2) is 11.5 Å². The maximum atomic E-state index is 10.8. The van der Waals surface area contributed by atoms with Crippen molar-refractivity contribution in [2.45, 2.75) is 13.8 Å². The third-order valence-corrected chi connectivity index (χ3v) is 1.48. The van der Waals surface area contributed by atoms with Gasteiger partial charge in [0, 0.05) is 25.6 Å². The molecule has 0 aliphatic heterocycles. The third-order valence-electron chi connectivity index (χ3n) is 1.48. The molecule has 0 saturated carbocycles. The molecule has 0 aliphatic rings. The molecule has 0 radical (unpaired) electrons. The first-order valence-electron chi connectivity index (χ1n) is 4.25. The molecule has 1 rings (SSSR count). The lowest BCUT2D eigenvalue weighted by molar-refractivity contribution is -0.134. The van der Waals surface area contributed by atoms with E-state index in [1.165, 1.54) is 26.0 Å². The van der Waals surface area contributed by atoms with E-state index in [4.69, 9.17) is 15.2 Å². The lowest BCUT2D eigenvalue weighted by Gasteiger charge is -2.08. The summed E-state index contributed by atoms with van der Waals surface area (Å²) in [6, 6.07) is 4.43. The zero-order valence-corrected chi connectivity index (χ0v) is 8.44. The van der Waals surface area contributed by atoms with Gasteiger partial charge in [0.1, 0.15) is 0 Å². The smallest absolute Gasteiger partial charge is 0.308 e. The average molecular weight is 209 g/mol. The van der Waals surface area contributed by atoms with Gasteiger partial charge >= 0.3 is 11.9 Å². The monoisotopic (exact) mass is 209 g/mol. The predicted molar refractivity (Wildman–Crippen MR) is 53.5 cm³/mol. The second-order valence-electron chi connectivity index (χ2n) is 2.89. The summed E-state index contributed by atoms with van der Waals surface area (Å²) in [5, 5.41) is 0. The number of benzene rings is 1. The van der Waals surface area contributed by atoms with Crippen LogP contribution in [0.15, 0.2) is 18.2 Å². The highest BCUT2D eigenvalue weighted by Gasteiger charge is 2.09. The summed E-state index contributed by atoms with van der Waals surface area (Å²) in [6.07, 6.45) is 0. The Hall–Kier alpha value is -2.04. The molecule has 5 nitrogen and oxygen atoms in total. The van der Waals surface area contributed by atoms with Gasteiger partial charge in [-0.15, -0.1) is 0 Å². The van der Waals surface area contributed by atoms with E-state index in [0.29, 0.717) is 5.69 Å². The van der Waals surface area contributed by atoms with Crippen LogP contribution >= 0.6 is 0 Å². The number of esters is 2. The molecule has 0 spiro atoms. The van der Waals surface area contributed by atoms with Gasteiger partial charge in [-0.25, -0.2) is 0 Å². The SMILES string of the molecule is CC(=O)Oc1ccc(N)cc1OC(C)=O. The molecule has 0 amide bonds. The number of nitrogens with two attached hydrogens (primary N) is 1. The van der Waals surface area contributed by atoms with E-state index in [1.807, 2.05) is 0 Å². The standard InChI is InChI=1S/C10H11NO4/c1-6(12)14-9-4-3-8(11)5-10(9)15-7(2)13/h3-5H,11H2,1-2H3. The van der Waals surface area contributed by atoms with Crippen LogP contribution in [0.5, 0.6) is 11.5 Å². The van der Waals surface area contributed by atoms with E-state index < -0.39 is 11.9 Å². The number of carbonyl (C=O) groups excluding carboxylic acids is 2. The van der Waals surface area contributed by atoms with E-state index in [-0.39, 0.29) is 11.5 Å². The summed E-state index contributed by atoms with van der Waals surface area (Å²) in [5.41, 5.74) is 5.92. The van der Waals surface area contributed by atoms with Crippen LogP contribution in [0.1, 0.15) is 13.8 Å². The molecule has 0 atom stereocenters. The molecule has 0 aliphatic carbocycles. The van der Waals surface area contributed by atoms with Crippen molar-refractivity contribution in [3.05, 3.63) is 18.2 Å². The van der Waals surface area contributed by atoms with Crippen molar-refractivity contribution in [2.24, 2.45) is 0 Å². The molecular formula is C10H11NO4. The minimum Gasteiger partial charge on any atom is -0.423 e. The van der Waals surface area contributed by atoms with E-state index in [1.54, 1.807) is 6.07 Å². The van der Waals surface area contributed by atoms with Crippen LogP contribution in [0.4, 0.5) is 5.69 Å². The topological polar surface area (TPSA) is 78.6 Å². The third kappa shape index (κ3) is 3.30. The van der Waals surface area contributed by atoms with Crippen molar-refractivity contribution < 1.29 is 19.1 Å². The number of nitrogen functional groups attached to an aromatic ring is 1. The summed E-state index contributed by atoms with van der Waals surface area (Å²) in [7, 11) is 0. The van der Waals surface area contributed by atoms with Crippen molar-refractivity contribution in [3.8, 4) is 11.5 Å². The highest BCUT2D eigenvalue weighted by molar-refractivity contribution is 5.74. The summed E-state index contributed by atoms with van der Waals surface area (Å²) in [5.74, 6) is -0.688. The molecule has 80 valence electrons. The van der Waals surface area contributed by atoms with Crippen LogP contribution < -0.4 is 15.2 Å². The van der Waals surface area contributed by atoms with Crippen LogP contribution in [-0.4, -0.2) is 11.9 Å². The Morgan fingerprint density at radius 3 is 2.13 bits per heavy atom. The minimum absolute atomic E-state index is 0.137. The molecule has 0 saturated heterocycles. The Morgan fingerprint density at radius 1 is 1.07 bits per heavy atom. The van der Waals surface area contributed by atoms with Gasteiger partial charge in [-0.1, -0.05) is 0 Å². The van der Waals surface area contributed by atoms with E-state index in [9.17, 15) is 9.59 Å². The molecule has 1 aromatic rings. The first-order valence-corrected chi connectivity index (χ1v) is 4.25. The van der Waals surface area contributed by atoms with Gasteiger partial charge in [-0.05, 0) is 12.1 Å². The summed E-state index contributed by atoms with van der Waals surface area (Å²) in [6.45, 7) is 2.51. The predicted octanol–water partition coefficient (Wildman–Crippen LogP) is 1.12. The summed E-state index contributed by atoms with van der Waals surface area (Å²) < 4.78 is 9.66.